The summed E-state index contributed by atoms with van der Waals surface area (Å²) in [6, 6.07) is 6.41. The molecule has 2 atom stereocenters. The Hall–Kier alpha value is -1.22. The lowest BCUT2D eigenvalue weighted by atomic mass is 9.91. The predicted molar refractivity (Wildman–Crippen MR) is 70.2 cm³/mol. The van der Waals surface area contributed by atoms with Crippen molar-refractivity contribution in [1.82, 2.24) is 0 Å². The molecule has 1 aromatic carbocycles. The third-order valence-electron chi connectivity index (χ3n) is 4.15. The standard InChI is InChI=1S/C14H20N2O/c15-11-5-3-4-10-8-9-16(14(10)11)12-6-1-2-7-13(12)17/h3-5,12-13,17H,1-2,6-9,15H2. The predicted octanol–water partition coefficient (Wildman–Crippen LogP) is 1.93. The molecule has 1 saturated carbocycles. The summed E-state index contributed by atoms with van der Waals surface area (Å²) in [6.45, 7) is 1.01. The number of nitrogen functional groups attached to an aromatic ring is 1. The summed E-state index contributed by atoms with van der Waals surface area (Å²) in [5, 5.41) is 10.2. The monoisotopic (exact) mass is 232 g/mol. The first-order valence-corrected chi connectivity index (χ1v) is 6.59. The van der Waals surface area contributed by atoms with Crippen molar-refractivity contribution in [3.8, 4) is 0 Å². The summed E-state index contributed by atoms with van der Waals surface area (Å²) in [4.78, 5) is 2.34. The summed E-state index contributed by atoms with van der Waals surface area (Å²) < 4.78 is 0. The number of nitrogens with two attached hydrogens (primary N) is 1. The Morgan fingerprint density at radius 1 is 1.24 bits per heavy atom. The van der Waals surface area contributed by atoms with Crippen LogP contribution in [0.4, 0.5) is 11.4 Å². The van der Waals surface area contributed by atoms with E-state index in [4.69, 9.17) is 5.73 Å². The van der Waals surface area contributed by atoms with Crippen molar-refractivity contribution in [1.29, 1.82) is 0 Å². The molecule has 2 unspecified atom stereocenters. The van der Waals surface area contributed by atoms with E-state index in [-0.39, 0.29) is 12.1 Å². The van der Waals surface area contributed by atoms with Crippen molar-refractivity contribution < 1.29 is 5.11 Å². The van der Waals surface area contributed by atoms with Gasteiger partial charge in [0, 0.05) is 6.54 Å². The van der Waals surface area contributed by atoms with E-state index < -0.39 is 0 Å². The van der Waals surface area contributed by atoms with Crippen LogP contribution in [0, 0.1) is 0 Å². The van der Waals surface area contributed by atoms with Crippen LogP contribution >= 0.6 is 0 Å². The van der Waals surface area contributed by atoms with E-state index in [1.807, 2.05) is 12.1 Å². The Morgan fingerprint density at radius 2 is 2.06 bits per heavy atom. The fourth-order valence-corrected chi connectivity index (χ4v) is 3.30. The van der Waals surface area contributed by atoms with Gasteiger partial charge >= 0.3 is 0 Å². The average molecular weight is 232 g/mol. The second-order valence-electron chi connectivity index (χ2n) is 5.22. The number of para-hydroxylation sites is 1. The topological polar surface area (TPSA) is 49.5 Å². The number of nitrogens with zero attached hydrogens (tertiary/aromatic N) is 1. The molecule has 1 fully saturated rings. The Kier molecular flexibility index (Phi) is 2.71. The molecule has 17 heavy (non-hydrogen) atoms. The lowest BCUT2D eigenvalue weighted by molar-refractivity contribution is 0.105. The molecule has 0 radical (unpaired) electrons. The number of hydrogen-bond acceptors (Lipinski definition) is 3. The van der Waals surface area contributed by atoms with Crippen molar-refractivity contribution in [3.05, 3.63) is 23.8 Å². The van der Waals surface area contributed by atoms with Crippen LogP contribution in [-0.4, -0.2) is 23.8 Å². The van der Waals surface area contributed by atoms with Crippen LogP contribution < -0.4 is 10.6 Å². The molecule has 3 heteroatoms. The highest BCUT2D eigenvalue weighted by Crippen LogP contribution is 2.38. The van der Waals surface area contributed by atoms with E-state index >= 15 is 0 Å². The number of fused-ring (bicyclic) bond motifs is 1. The van der Waals surface area contributed by atoms with Gasteiger partial charge in [-0.05, 0) is 30.9 Å². The van der Waals surface area contributed by atoms with Crippen molar-refractivity contribution in [3.63, 3.8) is 0 Å². The number of benzene rings is 1. The minimum absolute atomic E-state index is 0.186. The molecule has 3 nitrogen and oxygen atoms in total. The fourth-order valence-electron chi connectivity index (χ4n) is 3.30. The lowest BCUT2D eigenvalue weighted by Crippen LogP contribution is -2.45. The largest absolute Gasteiger partial charge is 0.397 e. The van der Waals surface area contributed by atoms with Crippen LogP contribution in [0.2, 0.25) is 0 Å². The highest BCUT2D eigenvalue weighted by Gasteiger charge is 2.33. The number of anilines is 2. The van der Waals surface area contributed by atoms with Crippen molar-refractivity contribution in [2.75, 3.05) is 17.2 Å². The van der Waals surface area contributed by atoms with Crippen LogP contribution in [-0.2, 0) is 6.42 Å². The maximum Gasteiger partial charge on any atom is 0.0743 e. The van der Waals surface area contributed by atoms with Gasteiger partial charge in [0.15, 0.2) is 0 Å². The summed E-state index contributed by atoms with van der Waals surface area (Å²) in [6.07, 6.45) is 5.28. The summed E-state index contributed by atoms with van der Waals surface area (Å²) in [5.41, 5.74) is 9.47. The normalized spacial score (nSPS) is 28.2. The molecule has 2 aliphatic rings. The van der Waals surface area contributed by atoms with Gasteiger partial charge in [-0.15, -0.1) is 0 Å². The van der Waals surface area contributed by atoms with Gasteiger partial charge in [0.1, 0.15) is 0 Å². The summed E-state index contributed by atoms with van der Waals surface area (Å²) in [7, 11) is 0. The molecule has 92 valence electrons. The molecule has 0 aromatic heterocycles. The zero-order valence-electron chi connectivity index (χ0n) is 10.1. The van der Waals surface area contributed by atoms with Crippen LogP contribution in [0.25, 0.3) is 0 Å². The minimum Gasteiger partial charge on any atom is -0.397 e. The highest BCUT2D eigenvalue weighted by atomic mass is 16.3. The van der Waals surface area contributed by atoms with E-state index in [0.717, 1.165) is 37.9 Å². The smallest absolute Gasteiger partial charge is 0.0743 e. The molecular formula is C14H20N2O. The van der Waals surface area contributed by atoms with Gasteiger partial charge < -0.3 is 15.7 Å². The molecule has 3 N–H and O–H groups in total. The first kappa shape index (κ1) is 10.9. The lowest BCUT2D eigenvalue weighted by Gasteiger charge is -2.37. The second kappa shape index (κ2) is 4.22. The first-order valence-electron chi connectivity index (χ1n) is 6.59. The molecule has 3 rings (SSSR count). The molecule has 1 aromatic rings. The van der Waals surface area contributed by atoms with Gasteiger partial charge in [-0.2, -0.15) is 0 Å². The van der Waals surface area contributed by atoms with Crippen LogP contribution in [0.3, 0.4) is 0 Å². The Bertz CT molecular complexity index is 419. The van der Waals surface area contributed by atoms with Crippen molar-refractivity contribution >= 4 is 11.4 Å². The average Bonchev–Trinajstić information content (AvgIpc) is 2.75. The molecule has 0 spiro atoms. The van der Waals surface area contributed by atoms with Crippen LogP contribution in [0.5, 0.6) is 0 Å². The van der Waals surface area contributed by atoms with Gasteiger partial charge in [0.05, 0.1) is 23.5 Å². The molecule has 1 aliphatic heterocycles. The van der Waals surface area contributed by atoms with Crippen molar-refractivity contribution in [2.24, 2.45) is 0 Å². The van der Waals surface area contributed by atoms with E-state index in [2.05, 4.69) is 11.0 Å². The van der Waals surface area contributed by atoms with Gasteiger partial charge in [-0.3, -0.25) is 0 Å². The third-order valence-corrected chi connectivity index (χ3v) is 4.15. The van der Waals surface area contributed by atoms with Gasteiger partial charge in [-0.1, -0.05) is 25.0 Å². The molecule has 0 bridgehead atoms. The molecular weight excluding hydrogens is 212 g/mol. The number of rotatable bonds is 1. The van der Waals surface area contributed by atoms with Crippen molar-refractivity contribution in [2.45, 2.75) is 44.2 Å². The van der Waals surface area contributed by atoms with E-state index in [0.29, 0.717) is 0 Å². The number of aliphatic hydroxyl groups excluding tert-OH is 1. The number of hydrogen-bond donors (Lipinski definition) is 2. The third kappa shape index (κ3) is 1.78. The summed E-state index contributed by atoms with van der Waals surface area (Å²) in [5.74, 6) is 0. The molecule has 1 aliphatic carbocycles. The van der Waals surface area contributed by atoms with Gasteiger partial charge in [-0.25, -0.2) is 0 Å². The second-order valence-corrected chi connectivity index (χ2v) is 5.22. The van der Waals surface area contributed by atoms with Gasteiger partial charge in [0.2, 0.25) is 0 Å². The van der Waals surface area contributed by atoms with E-state index in [1.165, 1.54) is 17.7 Å². The molecule has 0 saturated heterocycles. The first-order chi connectivity index (χ1) is 8.27. The highest BCUT2D eigenvalue weighted by molar-refractivity contribution is 5.74. The Labute approximate surface area is 102 Å². The molecule has 1 heterocycles. The van der Waals surface area contributed by atoms with E-state index in [9.17, 15) is 5.11 Å². The number of aliphatic hydroxyl groups is 1. The zero-order valence-corrected chi connectivity index (χ0v) is 10.1. The van der Waals surface area contributed by atoms with Gasteiger partial charge in [0.25, 0.3) is 0 Å². The van der Waals surface area contributed by atoms with Crippen LogP contribution in [0.15, 0.2) is 18.2 Å². The maximum atomic E-state index is 10.2. The van der Waals surface area contributed by atoms with E-state index in [1.54, 1.807) is 0 Å². The Morgan fingerprint density at radius 3 is 2.88 bits per heavy atom. The Balaban J connectivity index is 1.92. The molecule has 0 amide bonds. The summed E-state index contributed by atoms with van der Waals surface area (Å²) >= 11 is 0. The SMILES string of the molecule is Nc1cccc2c1N(C1CCCCC1O)CC2. The quantitative estimate of drug-likeness (QED) is 0.727. The van der Waals surface area contributed by atoms with Crippen LogP contribution in [0.1, 0.15) is 31.2 Å². The fraction of sp³-hybridized carbons (Fsp3) is 0.571. The maximum absolute atomic E-state index is 10.2. The zero-order chi connectivity index (χ0) is 11.8. The minimum atomic E-state index is -0.186.